The van der Waals surface area contributed by atoms with Crippen molar-refractivity contribution < 1.29 is 19.1 Å². The molecular formula is C24H22N4O4. The molecule has 0 bridgehead atoms. The Morgan fingerprint density at radius 1 is 1.00 bits per heavy atom. The van der Waals surface area contributed by atoms with E-state index in [1.165, 1.54) is 26.5 Å². The summed E-state index contributed by atoms with van der Waals surface area (Å²) >= 11 is 0. The summed E-state index contributed by atoms with van der Waals surface area (Å²) < 4.78 is 10.6. The van der Waals surface area contributed by atoms with Gasteiger partial charge in [-0.25, -0.2) is 5.43 Å². The number of hydrogen-bond donors (Lipinski definition) is 2. The molecule has 0 saturated carbocycles. The molecule has 0 aliphatic heterocycles. The first kappa shape index (κ1) is 22.2. The van der Waals surface area contributed by atoms with E-state index in [0.29, 0.717) is 28.2 Å². The minimum Gasteiger partial charge on any atom is -0.497 e. The zero-order valence-electron chi connectivity index (χ0n) is 17.6. The van der Waals surface area contributed by atoms with E-state index in [1.54, 1.807) is 73.1 Å². The van der Waals surface area contributed by atoms with Gasteiger partial charge in [0.1, 0.15) is 17.2 Å². The minimum absolute atomic E-state index is 0.0197. The molecule has 0 atom stereocenters. The van der Waals surface area contributed by atoms with Gasteiger partial charge in [0.25, 0.3) is 11.8 Å². The van der Waals surface area contributed by atoms with Gasteiger partial charge in [-0.1, -0.05) is 24.3 Å². The quantitative estimate of drug-likeness (QED) is 0.325. The van der Waals surface area contributed by atoms with Gasteiger partial charge in [0.05, 0.1) is 20.4 Å². The second-order valence-corrected chi connectivity index (χ2v) is 6.47. The van der Waals surface area contributed by atoms with Crippen LogP contribution in [0.5, 0.6) is 11.5 Å². The molecule has 0 fully saturated rings. The molecule has 3 rings (SSSR count). The van der Waals surface area contributed by atoms with Crippen molar-refractivity contribution in [3.8, 4) is 11.5 Å². The van der Waals surface area contributed by atoms with Crippen LogP contribution in [0.3, 0.4) is 0 Å². The second-order valence-electron chi connectivity index (χ2n) is 6.47. The highest BCUT2D eigenvalue weighted by atomic mass is 16.5. The summed E-state index contributed by atoms with van der Waals surface area (Å²) in [6.07, 6.45) is 6.19. The number of hydrazone groups is 1. The van der Waals surface area contributed by atoms with E-state index < -0.39 is 11.8 Å². The molecule has 1 heterocycles. The number of nitrogens with one attached hydrogen (secondary N) is 2. The number of aromatic nitrogens is 1. The number of carbonyl (C=O) groups is 2. The average Bonchev–Trinajstić information content (AvgIpc) is 2.84. The van der Waals surface area contributed by atoms with Crippen molar-refractivity contribution in [2.24, 2.45) is 5.10 Å². The van der Waals surface area contributed by atoms with E-state index >= 15 is 0 Å². The standard InChI is InChI=1S/C24H22N4O4/c1-31-20-10-11-22(32-2)19(13-20)14-21(27-23(29)18-8-4-3-5-9-18)24(30)28-26-16-17-7-6-12-25-15-17/h3-16H,1-2H3,(H,27,29)(H,28,30)/b21-14-,26-16-. The van der Waals surface area contributed by atoms with E-state index in [4.69, 9.17) is 9.47 Å². The van der Waals surface area contributed by atoms with Gasteiger partial charge in [-0.15, -0.1) is 0 Å². The van der Waals surface area contributed by atoms with Crippen LogP contribution in [0.2, 0.25) is 0 Å². The van der Waals surface area contributed by atoms with Crippen molar-refractivity contribution in [3.63, 3.8) is 0 Å². The Bertz CT molecular complexity index is 1130. The van der Waals surface area contributed by atoms with E-state index in [1.807, 2.05) is 0 Å². The van der Waals surface area contributed by atoms with E-state index in [2.05, 4.69) is 20.8 Å². The Kier molecular flexibility index (Phi) is 7.69. The minimum atomic E-state index is -0.612. The van der Waals surface area contributed by atoms with Gasteiger partial charge in [0.15, 0.2) is 0 Å². The maximum Gasteiger partial charge on any atom is 0.287 e. The van der Waals surface area contributed by atoms with Gasteiger partial charge < -0.3 is 14.8 Å². The smallest absolute Gasteiger partial charge is 0.287 e. The van der Waals surface area contributed by atoms with Crippen molar-refractivity contribution in [1.82, 2.24) is 15.7 Å². The molecule has 3 aromatic rings. The van der Waals surface area contributed by atoms with Gasteiger partial charge in [-0.05, 0) is 42.5 Å². The molecule has 2 amide bonds. The van der Waals surface area contributed by atoms with Crippen LogP contribution < -0.4 is 20.2 Å². The zero-order valence-corrected chi connectivity index (χ0v) is 17.6. The molecule has 0 unspecified atom stereocenters. The Labute approximate surface area is 185 Å². The van der Waals surface area contributed by atoms with E-state index in [0.717, 1.165) is 0 Å². The molecule has 2 N–H and O–H groups in total. The van der Waals surface area contributed by atoms with Crippen LogP contribution in [-0.2, 0) is 4.79 Å². The third kappa shape index (κ3) is 6.02. The summed E-state index contributed by atoms with van der Waals surface area (Å²) in [5.74, 6) is 0.0223. The van der Waals surface area contributed by atoms with Gasteiger partial charge in [0, 0.05) is 29.1 Å². The molecule has 0 aliphatic rings. The summed E-state index contributed by atoms with van der Waals surface area (Å²) in [4.78, 5) is 29.5. The van der Waals surface area contributed by atoms with Gasteiger partial charge in [0.2, 0.25) is 0 Å². The van der Waals surface area contributed by atoms with Crippen LogP contribution in [0, 0.1) is 0 Å². The van der Waals surface area contributed by atoms with Crippen molar-refractivity contribution in [2.45, 2.75) is 0 Å². The maximum absolute atomic E-state index is 12.9. The third-order valence-electron chi connectivity index (χ3n) is 4.33. The second kappa shape index (κ2) is 11.1. The molecule has 32 heavy (non-hydrogen) atoms. The summed E-state index contributed by atoms with van der Waals surface area (Å²) in [6.45, 7) is 0. The molecule has 8 nitrogen and oxygen atoms in total. The van der Waals surface area contributed by atoms with Crippen LogP contribution in [0.25, 0.3) is 6.08 Å². The fourth-order valence-corrected chi connectivity index (χ4v) is 2.73. The van der Waals surface area contributed by atoms with E-state index in [9.17, 15) is 9.59 Å². The Hall–Kier alpha value is -4.46. The largest absolute Gasteiger partial charge is 0.497 e. The zero-order chi connectivity index (χ0) is 22.8. The fourth-order valence-electron chi connectivity index (χ4n) is 2.73. The molecule has 0 saturated heterocycles. The first-order chi connectivity index (χ1) is 15.6. The fraction of sp³-hybridized carbons (Fsp3) is 0.0833. The normalized spacial score (nSPS) is 11.1. The molecule has 2 aromatic carbocycles. The topological polar surface area (TPSA) is 102 Å². The summed E-state index contributed by atoms with van der Waals surface area (Å²) in [6, 6.07) is 17.3. The Morgan fingerprint density at radius 3 is 2.50 bits per heavy atom. The van der Waals surface area contributed by atoms with Crippen LogP contribution in [0.4, 0.5) is 0 Å². The lowest BCUT2D eigenvalue weighted by Crippen LogP contribution is -2.32. The SMILES string of the molecule is COc1ccc(OC)c(/C=C(\NC(=O)c2ccccc2)C(=O)N/N=C\c2cccnc2)c1. The van der Waals surface area contributed by atoms with Gasteiger partial charge in [-0.3, -0.25) is 14.6 Å². The number of methoxy groups -OCH3 is 2. The van der Waals surface area contributed by atoms with Crippen molar-refractivity contribution >= 4 is 24.1 Å². The number of pyridine rings is 1. The molecule has 1 aromatic heterocycles. The number of amides is 2. The van der Waals surface area contributed by atoms with Gasteiger partial charge in [-0.2, -0.15) is 5.10 Å². The average molecular weight is 430 g/mol. The lowest BCUT2D eigenvalue weighted by Gasteiger charge is -2.11. The van der Waals surface area contributed by atoms with Crippen molar-refractivity contribution in [3.05, 3.63) is 95.4 Å². The molecule has 0 radical (unpaired) electrons. The number of hydrogen-bond acceptors (Lipinski definition) is 6. The third-order valence-corrected chi connectivity index (χ3v) is 4.33. The Morgan fingerprint density at radius 2 is 1.81 bits per heavy atom. The van der Waals surface area contributed by atoms with Crippen LogP contribution >= 0.6 is 0 Å². The summed E-state index contributed by atoms with van der Waals surface area (Å²) in [7, 11) is 3.05. The molecule has 8 heteroatoms. The molecule has 0 spiro atoms. The van der Waals surface area contributed by atoms with Gasteiger partial charge >= 0.3 is 0 Å². The first-order valence-corrected chi connectivity index (χ1v) is 9.64. The number of nitrogens with zero attached hydrogens (tertiary/aromatic N) is 2. The van der Waals surface area contributed by atoms with Crippen LogP contribution in [0.15, 0.2) is 83.9 Å². The van der Waals surface area contributed by atoms with Crippen LogP contribution in [-0.4, -0.2) is 37.2 Å². The number of carbonyl (C=O) groups excluding carboxylic acids is 2. The Balaban J connectivity index is 1.90. The number of benzene rings is 2. The summed E-state index contributed by atoms with van der Waals surface area (Å²) in [5, 5.41) is 6.59. The molecule has 0 aliphatic carbocycles. The molecule has 162 valence electrons. The number of rotatable bonds is 8. The summed E-state index contributed by atoms with van der Waals surface area (Å²) in [5.41, 5.74) is 4.06. The highest BCUT2D eigenvalue weighted by molar-refractivity contribution is 6.05. The lowest BCUT2D eigenvalue weighted by atomic mass is 10.1. The highest BCUT2D eigenvalue weighted by Gasteiger charge is 2.16. The van der Waals surface area contributed by atoms with Crippen molar-refractivity contribution in [2.75, 3.05) is 14.2 Å². The van der Waals surface area contributed by atoms with Crippen LogP contribution in [0.1, 0.15) is 21.5 Å². The number of ether oxygens (including phenoxy) is 2. The lowest BCUT2D eigenvalue weighted by molar-refractivity contribution is -0.117. The maximum atomic E-state index is 12.9. The van der Waals surface area contributed by atoms with E-state index in [-0.39, 0.29) is 5.70 Å². The predicted molar refractivity (Wildman–Crippen MR) is 121 cm³/mol. The monoisotopic (exact) mass is 430 g/mol. The highest BCUT2D eigenvalue weighted by Crippen LogP contribution is 2.26. The first-order valence-electron chi connectivity index (χ1n) is 9.64. The van der Waals surface area contributed by atoms with Crippen molar-refractivity contribution in [1.29, 1.82) is 0 Å². The predicted octanol–water partition coefficient (Wildman–Crippen LogP) is 3.02. The molecular weight excluding hydrogens is 408 g/mol.